The Morgan fingerprint density at radius 1 is 1.19 bits per heavy atom. The van der Waals surface area contributed by atoms with Crippen molar-refractivity contribution in [2.75, 3.05) is 34.4 Å². The smallest absolute Gasteiger partial charge is 0.258 e. The van der Waals surface area contributed by atoms with Crippen LogP contribution in [0.2, 0.25) is 0 Å². The van der Waals surface area contributed by atoms with Crippen molar-refractivity contribution in [2.45, 2.75) is 13.0 Å². The molecule has 0 spiro atoms. The molecule has 0 aliphatic heterocycles. The Bertz CT molecular complexity index is 750. The van der Waals surface area contributed by atoms with Gasteiger partial charge in [-0.15, -0.1) is 0 Å². The van der Waals surface area contributed by atoms with E-state index in [-0.39, 0.29) is 24.4 Å². The third-order valence-corrected chi connectivity index (χ3v) is 4.03. The van der Waals surface area contributed by atoms with Crippen molar-refractivity contribution in [3.63, 3.8) is 0 Å². The number of amides is 1. The number of hydrogen-bond donors (Lipinski definition) is 1. The zero-order valence-corrected chi connectivity index (χ0v) is 15.6. The van der Waals surface area contributed by atoms with E-state index in [9.17, 15) is 9.18 Å². The monoisotopic (exact) mass is 360 g/mol. The Balaban J connectivity index is 1.92. The van der Waals surface area contributed by atoms with Crippen molar-refractivity contribution in [1.82, 2.24) is 10.2 Å². The average Bonchev–Trinajstić information content (AvgIpc) is 2.60. The zero-order valence-electron chi connectivity index (χ0n) is 15.6. The van der Waals surface area contributed by atoms with Crippen molar-refractivity contribution in [1.29, 1.82) is 0 Å². The van der Waals surface area contributed by atoms with Crippen LogP contribution in [0.1, 0.15) is 17.2 Å². The number of nitrogens with zero attached hydrogens (tertiary/aromatic N) is 1. The minimum atomic E-state index is -0.296. The highest BCUT2D eigenvalue weighted by atomic mass is 19.1. The van der Waals surface area contributed by atoms with E-state index in [2.05, 4.69) is 5.32 Å². The van der Waals surface area contributed by atoms with Gasteiger partial charge in [0.2, 0.25) is 0 Å². The molecule has 1 N–H and O–H groups in total. The summed E-state index contributed by atoms with van der Waals surface area (Å²) in [6, 6.07) is 11.8. The van der Waals surface area contributed by atoms with Gasteiger partial charge in [0.1, 0.15) is 5.82 Å². The lowest BCUT2D eigenvalue weighted by Gasteiger charge is -2.25. The predicted molar refractivity (Wildman–Crippen MR) is 99.1 cm³/mol. The van der Waals surface area contributed by atoms with Gasteiger partial charge in [0.25, 0.3) is 5.91 Å². The highest BCUT2D eigenvalue weighted by Crippen LogP contribution is 2.27. The Morgan fingerprint density at radius 2 is 1.96 bits per heavy atom. The van der Waals surface area contributed by atoms with Crippen molar-refractivity contribution >= 4 is 5.91 Å². The second-order valence-corrected chi connectivity index (χ2v) is 6.28. The molecule has 0 saturated carbocycles. The molecule has 1 unspecified atom stereocenters. The number of methoxy groups -OCH3 is 1. The number of ether oxygens (including phenoxy) is 2. The third kappa shape index (κ3) is 5.46. The van der Waals surface area contributed by atoms with Gasteiger partial charge in [-0.25, -0.2) is 4.39 Å². The second kappa shape index (κ2) is 9.20. The van der Waals surface area contributed by atoms with Gasteiger partial charge in [-0.2, -0.15) is 0 Å². The number of hydrogen-bond acceptors (Lipinski definition) is 4. The summed E-state index contributed by atoms with van der Waals surface area (Å²) >= 11 is 0. The van der Waals surface area contributed by atoms with E-state index in [0.29, 0.717) is 18.0 Å². The van der Waals surface area contributed by atoms with Crippen LogP contribution in [0.4, 0.5) is 4.39 Å². The molecule has 0 radical (unpaired) electrons. The maximum atomic E-state index is 13.5. The van der Waals surface area contributed by atoms with Crippen LogP contribution in [0.3, 0.4) is 0 Å². The number of nitrogens with one attached hydrogen (secondary N) is 1. The number of benzene rings is 2. The van der Waals surface area contributed by atoms with Crippen LogP contribution in [0, 0.1) is 12.7 Å². The van der Waals surface area contributed by atoms with Crippen LogP contribution in [-0.2, 0) is 4.79 Å². The SMILES string of the molecule is COc1cc(C)ccc1OCC(=O)NCC(c1cccc(F)c1)N(C)C. The van der Waals surface area contributed by atoms with Crippen molar-refractivity contribution in [2.24, 2.45) is 0 Å². The second-order valence-electron chi connectivity index (χ2n) is 6.28. The maximum absolute atomic E-state index is 13.5. The summed E-state index contributed by atoms with van der Waals surface area (Å²) in [6.07, 6.45) is 0. The van der Waals surface area contributed by atoms with E-state index in [1.807, 2.05) is 44.1 Å². The Hall–Kier alpha value is -2.60. The molecular formula is C20H25FN2O3. The molecule has 26 heavy (non-hydrogen) atoms. The van der Waals surface area contributed by atoms with Gasteiger partial charge in [0, 0.05) is 6.54 Å². The maximum Gasteiger partial charge on any atom is 0.258 e. The van der Waals surface area contributed by atoms with E-state index in [0.717, 1.165) is 11.1 Å². The van der Waals surface area contributed by atoms with Gasteiger partial charge >= 0.3 is 0 Å². The number of carbonyl (C=O) groups excluding carboxylic acids is 1. The van der Waals surface area contributed by atoms with Gasteiger partial charge in [-0.05, 0) is 56.4 Å². The summed E-state index contributed by atoms with van der Waals surface area (Å²) in [5, 5.41) is 2.83. The Morgan fingerprint density at radius 3 is 2.62 bits per heavy atom. The summed E-state index contributed by atoms with van der Waals surface area (Å²) in [7, 11) is 5.33. The fourth-order valence-electron chi connectivity index (χ4n) is 2.61. The molecule has 2 aromatic rings. The molecule has 2 aromatic carbocycles. The van der Waals surface area contributed by atoms with Gasteiger partial charge in [0.15, 0.2) is 18.1 Å². The standard InChI is InChI=1S/C20H25FN2O3/c1-14-8-9-18(19(10-14)25-4)26-13-20(24)22-12-17(23(2)3)15-6-5-7-16(21)11-15/h5-11,17H,12-13H2,1-4H3,(H,22,24). The summed E-state index contributed by atoms with van der Waals surface area (Å²) in [5.74, 6) is 0.553. The molecular weight excluding hydrogens is 335 g/mol. The molecule has 1 atom stereocenters. The molecule has 2 rings (SSSR count). The lowest BCUT2D eigenvalue weighted by atomic mass is 10.1. The summed E-state index contributed by atoms with van der Waals surface area (Å²) < 4.78 is 24.3. The van der Waals surface area contributed by atoms with Gasteiger partial charge in [-0.1, -0.05) is 18.2 Å². The lowest BCUT2D eigenvalue weighted by Crippen LogP contribution is -2.36. The van der Waals surface area contributed by atoms with Crippen LogP contribution < -0.4 is 14.8 Å². The molecule has 1 amide bonds. The third-order valence-electron chi connectivity index (χ3n) is 4.03. The molecule has 0 aliphatic carbocycles. The summed E-state index contributed by atoms with van der Waals surface area (Å²) in [5.41, 5.74) is 1.85. The average molecular weight is 360 g/mol. The first-order valence-corrected chi connectivity index (χ1v) is 8.36. The van der Waals surface area contributed by atoms with E-state index in [1.54, 1.807) is 19.2 Å². The quantitative estimate of drug-likeness (QED) is 0.786. The molecule has 5 nitrogen and oxygen atoms in total. The summed E-state index contributed by atoms with van der Waals surface area (Å²) in [6.45, 7) is 2.18. The molecule has 140 valence electrons. The molecule has 0 heterocycles. The van der Waals surface area contributed by atoms with Crippen LogP contribution in [0.5, 0.6) is 11.5 Å². The van der Waals surface area contributed by atoms with Crippen LogP contribution in [-0.4, -0.2) is 45.2 Å². The van der Waals surface area contributed by atoms with Crippen molar-refractivity contribution in [3.8, 4) is 11.5 Å². The van der Waals surface area contributed by atoms with E-state index in [1.165, 1.54) is 12.1 Å². The molecule has 0 aromatic heterocycles. The van der Waals surface area contributed by atoms with E-state index >= 15 is 0 Å². The highest BCUT2D eigenvalue weighted by Gasteiger charge is 2.16. The number of carbonyl (C=O) groups is 1. The van der Waals surface area contributed by atoms with Crippen LogP contribution in [0.25, 0.3) is 0 Å². The number of likely N-dealkylation sites (N-methyl/N-ethyl adjacent to an activating group) is 1. The lowest BCUT2D eigenvalue weighted by molar-refractivity contribution is -0.123. The van der Waals surface area contributed by atoms with E-state index in [4.69, 9.17) is 9.47 Å². The van der Waals surface area contributed by atoms with Gasteiger partial charge in [0.05, 0.1) is 13.2 Å². The minimum Gasteiger partial charge on any atom is -0.493 e. The van der Waals surface area contributed by atoms with Gasteiger partial charge < -0.3 is 19.7 Å². The molecule has 0 saturated heterocycles. The van der Waals surface area contributed by atoms with Crippen LogP contribution in [0.15, 0.2) is 42.5 Å². The fraction of sp³-hybridized carbons (Fsp3) is 0.350. The van der Waals surface area contributed by atoms with Crippen molar-refractivity contribution in [3.05, 3.63) is 59.4 Å². The molecule has 0 bridgehead atoms. The minimum absolute atomic E-state index is 0.122. The zero-order chi connectivity index (χ0) is 19.1. The van der Waals surface area contributed by atoms with Gasteiger partial charge in [-0.3, -0.25) is 4.79 Å². The molecule has 0 fully saturated rings. The largest absolute Gasteiger partial charge is 0.493 e. The fourth-order valence-corrected chi connectivity index (χ4v) is 2.61. The van der Waals surface area contributed by atoms with Crippen molar-refractivity contribution < 1.29 is 18.7 Å². The Labute approximate surface area is 153 Å². The van der Waals surface area contributed by atoms with Crippen LogP contribution >= 0.6 is 0 Å². The predicted octanol–water partition coefficient (Wildman–Crippen LogP) is 2.94. The first kappa shape index (κ1) is 19.7. The topological polar surface area (TPSA) is 50.8 Å². The number of rotatable bonds is 8. The normalized spacial score (nSPS) is 11.9. The number of aryl methyl sites for hydroxylation is 1. The summed E-state index contributed by atoms with van der Waals surface area (Å²) in [4.78, 5) is 14.1. The first-order valence-electron chi connectivity index (χ1n) is 8.36. The van der Waals surface area contributed by atoms with E-state index < -0.39 is 0 Å². The highest BCUT2D eigenvalue weighted by molar-refractivity contribution is 5.77. The first-order chi connectivity index (χ1) is 12.4. The molecule has 6 heteroatoms. The Kier molecular flexibility index (Phi) is 6.97. The molecule has 0 aliphatic rings. The number of halogens is 1.